The van der Waals surface area contributed by atoms with Gasteiger partial charge in [-0.05, 0) is 18.1 Å². The van der Waals surface area contributed by atoms with Gasteiger partial charge >= 0.3 is 6.03 Å². The molecule has 1 aliphatic rings. The molecule has 24 heavy (non-hydrogen) atoms. The highest BCUT2D eigenvalue weighted by atomic mass is 19.2. The van der Waals surface area contributed by atoms with E-state index in [2.05, 4.69) is 5.32 Å². The summed E-state index contributed by atoms with van der Waals surface area (Å²) in [4.78, 5) is 26.1. The second kappa shape index (κ2) is 6.03. The highest BCUT2D eigenvalue weighted by molar-refractivity contribution is 6.07. The summed E-state index contributed by atoms with van der Waals surface area (Å²) >= 11 is 0. The van der Waals surface area contributed by atoms with Gasteiger partial charge in [-0.15, -0.1) is 0 Å². The van der Waals surface area contributed by atoms with Gasteiger partial charge < -0.3 is 5.32 Å². The van der Waals surface area contributed by atoms with Crippen molar-refractivity contribution in [2.45, 2.75) is 25.4 Å². The molecule has 1 aliphatic heterocycles. The van der Waals surface area contributed by atoms with Gasteiger partial charge in [-0.25, -0.2) is 13.6 Å². The summed E-state index contributed by atoms with van der Waals surface area (Å²) < 4.78 is 27.2. The van der Waals surface area contributed by atoms with Crippen LogP contribution in [0.2, 0.25) is 0 Å². The third-order valence-corrected chi connectivity index (χ3v) is 4.33. The van der Waals surface area contributed by atoms with Crippen molar-refractivity contribution in [1.82, 2.24) is 10.2 Å². The molecule has 2 aromatic carbocycles. The highest BCUT2D eigenvalue weighted by Crippen LogP contribution is 2.33. The number of nitrogens with one attached hydrogen (secondary N) is 1. The summed E-state index contributed by atoms with van der Waals surface area (Å²) in [5.74, 6) is -2.53. The van der Waals surface area contributed by atoms with Crippen LogP contribution in [0.1, 0.15) is 24.5 Å². The van der Waals surface area contributed by atoms with Crippen molar-refractivity contribution in [2.75, 3.05) is 0 Å². The number of carbonyl (C=O) groups is 2. The standard InChI is InChI=1S/C18H16F2N2O2/c1-2-18(13-8-4-3-5-9-13)16(23)22(17(24)21-18)11-12-7-6-10-14(19)15(12)20/h3-10H,2,11H2,1H3,(H,21,24). The van der Waals surface area contributed by atoms with E-state index in [1.54, 1.807) is 31.2 Å². The number of hydrogen-bond acceptors (Lipinski definition) is 2. The number of nitrogens with zero attached hydrogens (tertiary/aromatic N) is 1. The molecular weight excluding hydrogens is 314 g/mol. The van der Waals surface area contributed by atoms with Crippen LogP contribution in [0.5, 0.6) is 0 Å². The van der Waals surface area contributed by atoms with Gasteiger partial charge in [0.2, 0.25) is 0 Å². The first-order chi connectivity index (χ1) is 11.5. The molecule has 1 heterocycles. The van der Waals surface area contributed by atoms with Gasteiger partial charge in [0.15, 0.2) is 11.6 Å². The van der Waals surface area contributed by atoms with Crippen molar-refractivity contribution in [2.24, 2.45) is 0 Å². The number of rotatable bonds is 4. The van der Waals surface area contributed by atoms with E-state index < -0.39 is 29.1 Å². The monoisotopic (exact) mass is 330 g/mol. The highest BCUT2D eigenvalue weighted by Gasteiger charge is 2.51. The maximum absolute atomic E-state index is 13.9. The molecule has 0 aliphatic carbocycles. The third kappa shape index (κ3) is 2.44. The van der Waals surface area contributed by atoms with Gasteiger partial charge in [0, 0.05) is 5.56 Å². The van der Waals surface area contributed by atoms with Crippen LogP contribution in [-0.2, 0) is 16.9 Å². The smallest absolute Gasteiger partial charge is 0.319 e. The van der Waals surface area contributed by atoms with E-state index in [-0.39, 0.29) is 12.1 Å². The Morgan fingerprint density at radius 2 is 1.75 bits per heavy atom. The lowest BCUT2D eigenvalue weighted by Crippen LogP contribution is -2.43. The Hall–Kier alpha value is -2.76. The lowest BCUT2D eigenvalue weighted by Gasteiger charge is -2.25. The van der Waals surface area contributed by atoms with Crippen molar-refractivity contribution in [1.29, 1.82) is 0 Å². The molecule has 1 saturated heterocycles. The van der Waals surface area contributed by atoms with Crippen LogP contribution in [0.25, 0.3) is 0 Å². The quantitative estimate of drug-likeness (QED) is 0.874. The van der Waals surface area contributed by atoms with Gasteiger partial charge in [0.1, 0.15) is 5.54 Å². The van der Waals surface area contributed by atoms with Crippen molar-refractivity contribution in [3.05, 3.63) is 71.3 Å². The summed E-state index contributed by atoms with van der Waals surface area (Å²) in [7, 11) is 0. The fourth-order valence-electron chi connectivity index (χ4n) is 2.97. The zero-order valence-corrected chi connectivity index (χ0v) is 13.1. The molecule has 1 atom stereocenters. The van der Waals surface area contributed by atoms with Crippen LogP contribution in [0.3, 0.4) is 0 Å². The number of halogens is 2. The first-order valence-electron chi connectivity index (χ1n) is 7.62. The van der Waals surface area contributed by atoms with Crippen molar-refractivity contribution < 1.29 is 18.4 Å². The van der Waals surface area contributed by atoms with Gasteiger partial charge in [0.05, 0.1) is 6.54 Å². The second-order valence-electron chi connectivity index (χ2n) is 5.66. The fourth-order valence-corrected chi connectivity index (χ4v) is 2.97. The van der Waals surface area contributed by atoms with Crippen molar-refractivity contribution >= 4 is 11.9 Å². The largest absolute Gasteiger partial charge is 0.325 e. The predicted molar refractivity (Wildman–Crippen MR) is 83.9 cm³/mol. The van der Waals surface area contributed by atoms with Gasteiger partial charge in [-0.2, -0.15) is 0 Å². The number of amides is 3. The SMILES string of the molecule is CCC1(c2ccccc2)NC(=O)N(Cc2cccc(F)c2F)C1=O. The molecule has 1 fully saturated rings. The third-order valence-electron chi connectivity index (χ3n) is 4.33. The zero-order chi connectivity index (χ0) is 17.3. The van der Waals surface area contributed by atoms with E-state index in [4.69, 9.17) is 0 Å². The minimum Gasteiger partial charge on any atom is -0.319 e. The van der Waals surface area contributed by atoms with Crippen LogP contribution in [0.4, 0.5) is 13.6 Å². The van der Waals surface area contributed by atoms with E-state index >= 15 is 0 Å². The van der Waals surface area contributed by atoms with Crippen LogP contribution in [0.15, 0.2) is 48.5 Å². The molecule has 3 rings (SSSR count). The Balaban J connectivity index is 1.96. The Bertz CT molecular complexity index is 795. The second-order valence-corrected chi connectivity index (χ2v) is 5.66. The Labute approximate surface area is 138 Å². The van der Waals surface area contributed by atoms with E-state index in [0.717, 1.165) is 11.0 Å². The number of benzene rings is 2. The maximum atomic E-state index is 13.9. The van der Waals surface area contributed by atoms with Crippen LogP contribution in [-0.4, -0.2) is 16.8 Å². The summed E-state index contributed by atoms with van der Waals surface area (Å²) in [6.45, 7) is 1.47. The van der Waals surface area contributed by atoms with Gasteiger partial charge in [-0.3, -0.25) is 9.69 Å². The molecule has 4 nitrogen and oxygen atoms in total. The molecule has 1 unspecified atom stereocenters. The number of imide groups is 1. The normalized spacial score (nSPS) is 20.4. The van der Waals surface area contributed by atoms with E-state index in [9.17, 15) is 18.4 Å². The van der Waals surface area contributed by atoms with Crippen molar-refractivity contribution in [3.8, 4) is 0 Å². The Kier molecular flexibility index (Phi) is 4.05. The number of hydrogen-bond donors (Lipinski definition) is 1. The minimum atomic E-state index is -1.18. The lowest BCUT2D eigenvalue weighted by atomic mass is 9.87. The summed E-state index contributed by atoms with van der Waals surface area (Å²) in [5.41, 5.74) is -0.561. The summed E-state index contributed by atoms with van der Waals surface area (Å²) in [6, 6.07) is 12.0. The molecule has 0 aromatic heterocycles. The summed E-state index contributed by atoms with van der Waals surface area (Å²) in [5, 5.41) is 2.71. The number of urea groups is 1. The number of carbonyl (C=O) groups excluding carboxylic acids is 2. The minimum absolute atomic E-state index is 0.0431. The average molecular weight is 330 g/mol. The first-order valence-corrected chi connectivity index (χ1v) is 7.62. The summed E-state index contributed by atoms with van der Waals surface area (Å²) in [6.07, 6.45) is 0.351. The Morgan fingerprint density at radius 3 is 2.42 bits per heavy atom. The topological polar surface area (TPSA) is 49.4 Å². The van der Waals surface area contributed by atoms with Crippen LogP contribution < -0.4 is 5.32 Å². The maximum Gasteiger partial charge on any atom is 0.325 e. The molecule has 3 amide bonds. The average Bonchev–Trinajstić information content (AvgIpc) is 2.84. The van der Waals surface area contributed by atoms with Gasteiger partial charge in [0.25, 0.3) is 5.91 Å². The van der Waals surface area contributed by atoms with Gasteiger partial charge in [-0.1, -0.05) is 49.4 Å². The molecule has 1 N–H and O–H groups in total. The van der Waals surface area contributed by atoms with Crippen LogP contribution in [0, 0.1) is 11.6 Å². The zero-order valence-electron chi connectivity index (χ0n) is 13.1. The molecule has 0 bridgehead atoms. The molecule has 0 spiro atoms. The predicted octanol–water partition coefficient (Wildman–Crippen LogP) is 3.32. The van der Waals surface area contributed by atoms with Crippen LogP contribution >= 0.6 is 0 Å². The molecular formula is C18H16F2N2O2. The van der Waals surface area contributed by atoms with E-state index in [0.29, 0.717) is 12.0 Å². The fraction of sp³-hybridized carbons (Fsp3) is 0.222. The molecule has 2 aromatic rings. The molecule has 6 heteroatoms. The molecule has 124 valence electrons. The van der Waals surface area contributed by atoms with E-state index in [1.807, 2.05) is 6.07 Å². The molecule has 0 saturated carbocycles. The molecule has 0 radical (unpaired) electrons. The Morgan fingerprint density at radius 1 is 1.04 bits per heavy atom. The first kappa shape index (κ1) is 16.1. The van der Waals surface area contributed by atoms with E-state index in [1.165, 1.54) is 12.1 Å². The van der Waals surface area contributed by atoms with Crippen molar-refractivity contribution in [3.63, 3.8) is 0 Å². The lowest BCUT2D eigenvalue weighted by molar-refractivity contribution is -0.132.